The van der Waals surface area contributed by atoms with Crippen molar-refractivity contribution in [3.05, 3.63) is 5.89 Å². The van der Waals surface area contributed by atoms with E-state index in [0.29, 0.717) is 17.8 Å². The highest BCUT2D eigenvalue weighted by Crippen LogP contribution is 2.25. The molecule has 0 fully saturated rings. The zero-order valence-electron chi connectivity index (χ0n) is 11.7. The quantitative estimate of drug-likeness (QED) is 0.827. The molecule has 0 aliphatic rings. The molecule has 0 amide bonds. The first kappa shape index (κ1) is 14.0. The molecule has 0 bridgehead atoms. The Morgan fingerprint density at radius 3 is 2.41 bits per heavy atom. The van der Waals surface area contributed by atoms with E-state index in [0.717, 1.165) is 6.54 Å². The van der Waals surface area contributed by atoms with Crippen LogP contribution in [0.4, 0.5) is 6.01 Å². The number of hydrogen-bond donors (Lipinski definition) is 2. The van der Waals surface area contributed by atoms with Crippen molar-refractivity contribution in [3.8, 4) is 0 Å². The van der Waals surface area contributed by atoms with Crippen LogP contribution in [0.25, 0.3) is 0 Å². The van der Waals surface area contributed by atoms with Gasteiger partial charge in [0.2, 0.25) is 5.89 Å². The zero-order chi connectivity index (χ0) is 13.1. The van der Waals surface area contributed by atoms with Crippen LogP contribution < -0.4 is 10.6 Å². The first-order valence-electron chi connectivity index (χ1n) is 6.09. The molecule has 98 valence electrons. The average Bonchev–Trinajstić information content (AvgIpc) is 2.72. The third-order valence-corrected chi connectivity index (χ3v) is 3.28. The fourth-order valence-electron chi connectivity index (χ4n) is 1.15. The Morgan fingerprint density at radius 1 is 1.24 bits per heavy atom. The Bertz CT molecular complexity index is 343. The standard InChI is InChI=1S/C12H24N4O/c1-8(12(3,4)5)7-14-11-16-15-10(17-11)9(2)13-6/h8-9,13H,7H2,1-6H3,(H,14,16). The molecule has 17 heavy (non-hydrogen) atoms. The molecule has 5 nitrogen and oxygen atoms in total. The Kier molecular flexibility index (Phi) is 4.51. The van der Waals surface area contributed by atoms with Crippen molar-refractivity contribution in [1.29, 1.82) is 0 Å². The molecule has 0 spiro atoms. The summed E-state index contributed by atoms with van der Waals surface area (Å²) in [5.74, 6) is 1.14. The van der Waals surface area contributed by atoms with E-state index in [-0.39, 0.29) is 11.5 Å². The topological polar surface area (TPSA) is 63.0 Å². The van der Waals surface area contributed by atoms with Gasteiger partial charge in [0.05, 0.1) is 6.04 Å². The van der Waals surface area contributed by atoms with Gasteiger partial charge >= 0.3 is 6.01 Å². The summed E-state index contributed by atoms with van der Waals surface area (Å²) in [5, 5.41) is 14.2. The number of aromatic nitrogens is 2. The summed E-state index contributed by atoms with van der Waals surface area (Å²) in [5.41, 5.74) is 0.272. The van der Waals surface area contributed by atoms with E-state index < -0.39 is 0 Å². The average molecular weight is 240 g/mol. The molecule has 0 aromatic carbocycles. The van der Waals surface area contributed by atoms with Gasteiger partial charge in [-0.15, -0.1) is 5.10 Å². The van der Waals surface area contributed by atoms with Gasteiger partial charge in [-0.05, 0) is 25.3 Å². The van der Waals surface area contributed by atoms with E-state index >= 15 is 0 Å². The van der Waals surface area contributed by atoms with E-state index in [1.165, 1.54) is 0 Å². The third-order valence-electron chi connectivity index (χ3n) is 3.28. The number of anilines is 1. The molecular formula is C12H24N4O. The lowest BCUT2D eigenvalue weighted by molar-refractivity contribution is 0.273. The number of nitrogens with one attached hydrogen (secondary N) is 2. The van der Waals surface area contributed by atoms with Crippen LogP contribution in [0.2, 0.25) is 0 Å². The summed E-state index contributed by atoms with van der Waals surface area (Å²) < 4.78 is 5.50. The second-order valence-corrected chi connectivity index (χ2v) is 5.60. The minimum absolute atomic E-state index is 0.0816. The maximum absolute atomic E-state index is 5.50. The number of nitrogens with zero attached hydrogens (tertiary/aromatic N) is 2. The van der Waals surface area contributed by atoms with Crippen LogP contribution in [0.5, 0.6) is 0 Å². The monoisotopic (exact) mass is 240 g/mol. The van der Waals surface area contributed by atoms with Crippen LogP contribution >= 0.6 is 0 Å². The zero-order valence-corrected chi connectivity index (χ0v) is 11.7. The van der Waals surface area contributed by atoms with E-state index in [1.54, 1.807) is 0 Å². The fraction of sp³-hybridized carbons (Fsp3) is 0.833. The lowest BCUT2D eigenvalue weighted by Gasteiger charge is -2.26. The van der Waals surface area contributed by atoms with E-state index in [4.69, 9.17) is 4.42 Å². The lowest BCUT2D eigenvalue weighted by atomic mass is 9.82. The lowest BCUT2D eigenvalue weighted by Crippen LogP contribution is -2.24. The minimum atomic E-state index is 0.0816. The predicted octanol–water partition coefficient (Wildman–Crippen LogP) is 2.44. The summed E-state index contributed by atoms with van der Waals surface area (Å²) in [6, 6.07) is 0.580. The van der Waals surface area contributed by atoms with Gasteiger partial charge < -0.3 is 15.1 Å². The predicted molar refractivity (Wildman–Crippen MR) is 68.9 cm³/mol. The minimum Gasteiger partial charge on any atom is -0.406 e. The molecular weight excluding hydrogens is 216 g/mol. The van der Waals surface area contributed by atoms with Crippen LogP contribution in [-0.2, 0) is 0 Å². The third kappa shape index (κ3) is 4.00. The van der Waals surface area contributed by atoms with Crippen molar-refractivity contribution < 1.29 is 4.42 Å². The molecule has 0 saturated carbocycles. The second kappa shape index (κ2) is 5.49. The number of hydrogen-bond acceptors (Lipinski definition) is 5. The molecule has 0 aliphatic carbocycles. The summed E-state index contributed by atoms with van der Waals surface area (Å²) >= 11 is 0. The highest BCUT2D eigenvalue weighted by molar-refractivity contribution is 5.17. The summed E-state index contributed by atoms with van der Waals surface area (Å²) in [4.78, 5) is 0. The Morgan fingerprint density at radius 2 is 1.88 bits per heavy atom. The van der Waals surface area contributed by atoms with Gasteiger partial charge in [0.25, 0.3) is 0 Å². The Hall–Kier alpha value is -1.10. The smallest absolute Gasteiger partial charge is 0.315 e. The largest absolute Gasteiger partial charge is 0.406 e. The van der Waals surface area contributed by atoms with Gasteiger partial charge in [0.15, 0.2) is 0 Å². The molecule has 1 heterocycles. The van der Waals surface area contributed by atoms with Crippen LogP contribution in [-0.4, -0.2) is 23.8 Å². The molecule has 0 radical (unpaired) electrons. The van der Waals surface area contributed by atoms with Crippen LogP contribution in [0.3, 0.4) is 0 Å². The van der Waals surface area contributed by atoms with Crippen molar-refractivity contribution in [1.82, 2.24) is 15.5 Å². The SMILES string of the molecule is CNC(C)c1nnc(NCC(C)C(C)(C)C)o1. The molecule has 0 saturated heterocycles. The number of rotatable bonds is 5. The fourth-order valence-corrected chi connectivity index (χ4v) is 1.15. The molecule has 2 unspecified atom stereocenters. The van der Waals surface area contributed by atoms with Crippen molar-refractivity contribution >= 4 is 6.01 Å². The van der Waals surface area contributed by atoms with Gasteiger partial charge in [-0.25, -0.2) is 0 Å². The normalized spacial score (nSPS) is 15.6. The first-order chi connectivity index (χ1) is 7.84. The summed E-state index contributed by atoms with van der Waals surface area (Å²) in [7, 11) is 1.86. The van der Waals surface area contributed by atoms with Gasteiger partial charge in [-0.2, -0.15) is 0 Å². The van der Waals surface area contributed by atoms with Gasteiger partial charge in [0.1, 0.15) is 0 Å². The maximum atomic E-state index is 5.50. The molecule has 2 atom stereocenters. The second-order valence-electron chi connectivity index (χ2n) is 5.60. The highest BCUT2D eigenvalue weighted by Gasteiger charge is 2.20. The van der Waals surface area contributed by atoms with Gasteiger partial charge in [0, 0.05) is 6.54 Å². The van der Waals surface area contributed by atoms with Crippen molar-refractivity contribution in [2.24, 2.45) is 11.3 Å². The molecule has 1 aromatic heterocycles. The van der Waals surface area contributed by atoms with Crippen molar-refractivity contribution in [2.75, 3.05) is 18.9 Å². The molecule has 0 aliphatic heterocycles. The molecule has 5 heteroatoms. The maximum Gasteiger partial charge on any atom is 0.315 e. The first-order valence-corrected chi connectivity index (χ1v) is 6.09. The van der Waals surface area contributed by atoms with E-state index in [2.05, 4.69) is 48.5 Å². The summed E-state index contributed by atoms with van der Waals surface area (Å²) in [6.07, 6.45) is 0. The van der Waals surface area contributed by atoms with Crippen LogP contribution in [0.15, 0.2) is 4.42 Å². The Balaban J connectivity index is 2.50. The summed E-state index contributed by atoms with van der Waals surface area (Å²) in [6.45, 7) is 11.7. The highest BCUT2D eigenvalue weighted by atomic mass is 16.4. The molecule has 2 N–H and O–H groups in total. The van der Waals surface area contributed by atoms with Gasteiger partial charge in [-0.1, -0.05) is 32.8 Å². The molecule has 1 aromatic rings. The van der Waals surface area contributed by atoms with Crippen LogP contribution in [0.1, 0.15) is 46.6 Å². The van der Waals surface area contributed by atoms with E-state index in [1.807, 2.05) is 14.0 Å². The molecule has 1 rings (SSSR count). The van der Waals surface area contributed by atoms with Crippen molar-refractivity contribution in [2.45, 2.75) is 40.7 Å². The van der Waals surface area contributed by atoms with E-state index in [9.17, 15) is 0 Å². The Labute approximate surface area is 103 Å². The van der Waals surface area contributed by atoms with Crippen molar-refractivity contribution in [3.63, 3.8) is 0 Å². The van der Waals surface area contributed by atoms with Crippen LogP contribution in [0, 0.1) is 11.3 Å². The van der Waals surface area contributed by atoms with Gasteiger partial charge in [-0.3, -0.25) is 0 Å².